The zero-order valence-electron chi connectivity index (χ0n) is 18.9. The van der Waals surface area contributed by atoms with E-state index in [2.05, 4.69) is 73.6 Å². The largest absolute Gasteiger partial charge is 0.380 e. The summed E-state index contributed by atoms with van der Waals surface area (Å²) in [5, 5.41) is 1.57. The summed E-state index contributed by atoms with van der Waals surface area (Å²) in [5.74, 6) is 0. The van der Waals surface area contributed by atoms with Gasteiger partial charge < -0.3 is 8.97 Å². The van der Waals surface area contributed by atoms with E-state index in [-0.39, 0.29) is 0 Å². The van der Waals surface area contributed by atoms with Crippen molar-refractivity contribution in [3.05, 3.63) is 36.2 Å². The summed E-state index contributed by atoms with van der Waals surface area (Å²) in [5.41, 5.74) is 3.93. The third-order valence-corrected chi connectivity index (χ3v) is 12.7. The minimum Gasteiger partial charge on any atom is -0.380 e. The first-order valence-electron chi connectivity index (χ1n) is 11.3. The number of hydrogen-bond acceptors (Lipinski definition) is 3. The highest BCUT2D eigenvalue weighted by Crippen LogP contribution is 2.39. The van der Waals surface area contributed by atoms with Crippen LogP contribution in [0.5, 0.6) is 0 Å². The fourth-order valence-corrected chi connectivity index (χ4v) is 6.44. The van der Waals surface area contributed by atoms with Crippen LogP contribution in [0.3, 0.4) is 0 Å². The average Bonchev–Trinajstić information content (AvgIpc) is 2.93. The highest BCUT2D eigenvalue weighted by atomic mass is 28.3. The number of nitrogens with zero attached hydrogens (tertiary/aromatic N) is 3. The first-order chi connectivity index (χ1) is 13.8. The predicted octanol–water partition coefficient (Wildman–Crippen LogP) is 5.55. The fourth-order valence-electron chi connectivity index (χ4n) is 4.56. The van der Waals surface area contributed by atoms with Crippen molar-refractivity contribution in [3.8, 4) is 0 Å². The molecular formula is C24H37N3OSi. The molecular weight excluding hydrogens is 374 g/mol. The maximum absolute atomic E-state index is 5.63. The Kier molecular flexibility index (Phi) is 5.75. The lowest BCUT2D eigenvalue weighted by Gasteiger charge is -2.38. The lowest BCUT2D eigenvalue weighted by Crippen LogP contribution is -2.45. The lowest BCUT2D eigenvalue weighted by molar-refractivity contribution is 0.129. The highest BCUT2D eigenvalue weighted by molar-refractivity contribution is 6.79. The smallest absolute Gasteiger partial charge is 0.163 e. The topological polar surface area (TPSA) is 30.3 Å². The average molecular weight is 412 g/mol. The number of aromatic nitrogens is 2. The Morgan fingerprint density at radius 1 is 1.17 bits per heavy atom. The van der Waals surface area contributed by atoms with E-state index in [9.17, 15) is 0 Å². The normalized spacial score (nSPS) is 22.5. The van der Waals surface area contributed by atoms with E-state index < -0.39 is 8.24 Å². The molecule has 1 aliphatic heterocycles. The van der Waals surface area contributed by atoms with Gasteiger partial charge in [-0.2, -0.15) is 0 Å². The van der Waals surface area contributed by atoms with Crippen LogP contribution in [0.4, 0.5) is 0 Å². The first kappa shape index (κ1) is 20.8. The van der Waals surface area contributed by atoms with Crippen molar-refractivity contribution in [2.75, 3.05) is 26.3 Å². The molecule has 29 heavy (non-hydrogen) atoms. The molecule has 0 bridgehead atoms. The molecule has 0 spiro atoms. The van der Waals surface area contributed by atoms with Crippen molar-refractivity contribution in [2.24, 2.45) is 0 Å². The molecule has 158 valence electrons. The zero-order valence-corrected chi connectivity index (χ0v) is 19.9. The molecule has 0 N–H and O–H groups in total. The molecule has 1 unspecified atom stereocenters. The molecule has 1 aliphatic carbocycles. The van der Waals surface area contributed by atoms with Crippen molar-refractivity contribution in [1.82, 2.24) is 14.1 Å². The first-order valence-corrected chi connectivity index (χ1v) is 14.2. The van der Waals surface area contributed by atoms with Gasteiger partial charge in [0.25, 0.3) is 0 Å². The van der Waals surface area contributed by atoms with Gasteiger partial charge in [-0.1, -0.05) is 39.9 Å². The molecule has 4 nitrogen and oxygen atoms in total. The summed E-state index contributed by atoms with van der Waals surface area (Å²) in [6.07, 6.45) is 11.6. The van der Waals surface area contributed by atoms with Crippen LogP contribution in [0, 0.1) is 0 Å². The number of allylic oxidation sites excluding steroid dienone is 1. The molecule has 1 fully saturated rings. The summed E-state index contributed by atoms with van der Waals surface area (Å²) >= 11 is 0. The molecule has 0 saturated carbocycles. The van der Waals surface area contributed by atoms with Crippen LogP contribution in [0.25, 0.3) is 16.6 Å². The predicted molar refractivity (Wildman–Crippen MR) is 125 cm³/mol. The highest BCUT2D eigenvalue weighted by Gasteiger charge is 2.38. The van der Waals surface area contributed by atoms with Crippen LogP contribution in [0.1, 0.15) is 52.0 Å². The molecule has 0 amide bonds. The van der Waals surface area contributed by atoms with Crippen LogP contribution in [-0.2, 0) is 4.74 Å². The standard InChI is InChI=1S/C24H37N3OSi/c1-24(2,3)29(4,5)27-13-11-20-17-21(18-25-23(20)27)19-7-9-22(10-8-19)26-12-6-15-28-16-14-26/h7,11,13,17-18,22H,6,8-10,12,14-16H2,1-5H3. The van der Waals surface area contributed by atoms with Gasteiger partial charge >= 0.3 is 0 Å². The van der Waals surface area contributed by atoms with Gasteiger partial charge in [0.2, 0.25) is 0 Å². The van der Waals surface area contributed by atoms with Gasteiger partial charge in [0.1, 0.15) is 5.65 Å². The molecule has 1 saturated heterocycles. The second kappa shape index (κ2) is 8.01. The molecule has 0 aromatic carbocycles. The van der Waals surface area contributed by atoms with Gasteiger partial charge in [-0.25, -0.2) is 4.98 Å². The monoisotopic (exact) mass is 411 g/mol. The Balaban J connectivity index is 1.53. The Morgan fingerprint density at radius 3 is 2.72 bits per heavy atom. The summed E-state index contributed by atoms with van der Waals surface area (Å²) < 4.78 is 8.11. The van der Waals surface area contributed by atoms with E-state index in [0.717, 1.165) is 38.2 Å². The number of pyridine rings is 1. The van der Waals surface area contributed by atoms with Crippen LogP contribution < -0.4 is 0 Å². The molecule has 5 heteroatoms. The van der Waals surface area contributed by atoms with Crippen molar-refractivity contribution >= 4 is 24.8 Å². The Labute approximate surface area is 177 Å². The maximum Gasteiger partial charge on any atom is 0.163 e. The summed E-state index contributed by atoms with van der Waals surface area (Å²) in [6, 6.07) is 5.30. The number of ether oxygens (including phenoxy) is 1. The maximum atomic E-state index is 5.63. The molecule has 2 aromatic rings. The van der Waals surface area contributed by atoms with E-state index in [1.54, 1.807) is 0 Å². The Bertz CT molecular complexity index is 885. The molecule has 2 aromatic heterocycles. The third kappa shape index (κ3) is 4.10. The van der Waals surface area contributed by atoms with Gasteiger partial charge in [-0.05, 0) is 60.2 Å². The molecule has 3 heterocycles. The van der Waals surface area contributed by atoms with Gasteiger partial charge in [-0.3, -0.25) is 4.90 Å². The molecule has 4 rings (SSSR count). The van der Waals surface area contributed by atoms with Gasteiger partial charge in [0.15, 0.2) is 8.24 Å². The van der Waals surface area contributed by atoms with Crippen LogP contribution in [0.15, 0.2) is 30.6 Å². The van der Waals surface area contributed by atoms with E-state index in [1.807, 2.05) is 0 Å². The second-order valence-corrected chi connectivity index (χ2v) is 15.4. The zero-order chi connectivity index (χ0) is 20.6. The molecule has 1 atom stereocenters. The summed E-state index contributed by atoms with van der Waals surface area (Å²) in [7, 11) is -1.66. The third-order valence-electron chi connectivity index (χ3n) is 7.49. The molecule has 2 aliphatic rings. The van der Waals surface area contributed by atoms with E-state index in [1.165, 1.54) is 35.9 Å². The van der Waals surface area contributed by atoms with Gasteiger partial charge in [-0.15, -0.1) is 0 Å². The molecule has 0 radical (unpaired) electrons. The van der Waals surface area contributed by atoms with Gasteiger partial charge in [0, 0.05) is 37.3 Å². The van der Waals surface area contributed by atoms with Crippen molar-refractivity contribution < 1.29 is 4.74 Å². The fraction of sp³-hybridized carbons (Fsp3) is 0.625. The summed E-state index contributed by atoms with van der Waals surface area (Å²) in [6.45, 7) is 16.0. The van der Waals surface area contributed by atoms with E-state index in [4.69, 9.17) is 9.72 Å². The van der Waals surface area contributed by atoms with E-state index >= 15 is 0 Å². The summed E-state index contributed by atoms with van der Waals surface area (Å²) in [4.78, 5) is 7.59. The number of rotatable bonds is 3. The minimum absolute atomic E-state index is 0.290. The van der Waals surface area contributed by atoms with Crippen molar-refractivity contribution in [3.63, 3.8) is 0 Å². The van der Waals surface area contributed by atoms with Crippen LogP contribution in [0.2, 0.25) is 18.1 Å². The van der Waals surface area contributed by atoms with Crippen LogP contribution >= 0.6 is 0 Å². The lowest BCUT2D eigenvalue weighted by atomic mass is 9.90. The second-order valence-electron chi connectivity index (χ2n) is 10.3. The number of fused-ring (bicyclic) bond motifs is 1. The van der Waals surface area contributed by atoms with E-state index in [0.29, 0.717) is 11.1 Å². The Hall–Kier alpha value is -1.43. The van der Waals surface area contributed by atoms with Crippen molar-refractivity contribution in [2.45, 2.75) is 70.6 Å². The van der Waals surface area contributed by atoms with Gasteiger partial charge in [0.05, 0.1) is 6.61 Å². The van der Waals surface area contributed by atoms with Crippen molar-refractivity contribution in [1.29, 1.82) is 0 Å². The number of hydrogen-bond donors (Lipinski definition) is 0. The van der Waals surface area contributed by atoms with Crippen LogP contribution in [-0.4, -0.2) is 54.7 Å². The quantitative estimate of drug-likeness (QED) is 0.621. The minimum atomic E-state index is -1.66. The Morgan fingerprint density at radius 2 is 2.00 bits per heavy atom. The SMILES string of the molecule is CC(C)(C)[Si](C)(C)n1ccc2cc(C3=CCC(N4CCCOCC4)CC3)cnc21.